The highest BCUT2D eigenvalue weighted by Crippen LogP contribution is 2.32. The molecule has 2 aliphatic rings. The van der Waals surface area contributed by atoms with E-state index in [-0.39, 0.29) is 7.89 Å². The molecule has 0 atom stereocenters. The summed E-state index contributed by atoms with van der Waals surface area (Å²) in [6.45, 7) is 14.3. The molecule has 0 spiro atoms. The minimum absolute atomic E-state index is 0.231. The van der Waals surface area contributed by atoms with Crippen molar-refractivity contribution >= 4 is 15.8 Å². The molecule has 0 radical (unpaired) electrons. The topological polar surface area (TPSA) is 0 Å². The Kier molecular flexibility index (Phi) is 3.97. The van der Waals surface area contributed by atoms with Crippen LogP contribution in [0, 0.1) is 0 Å². The van der Waals surface area contributed by atoms with Gasteiger partial charge in [0.25, 0.3) is 0 Å². The molecular weight excluding hydrogens is 248 g/mol. The summed E-state index contributed by atoms with van der Waals surface area (Å²) in [4.78, 5) is 0. The van der Waals surface area contributed by atoms with Crippen LogP contribution in [0.5, 0.6) is 0 Å². The zero-order chi connectivity index (χ0) is 13.4. The summed E-state index contributed by atoms with van der Waals surface area (Å²) in [5.74, 6) is 0. The number of rotatable bonds is 2. The highest BCUT2D eigenvalue weighted by Gasteiger charge is 2.22. The standard InChI is InChI=1S/C16H24Si2/c1-11-7-13(3)15(9-11)18(17(5)6)16-10-12(2)8-14(16)4/h7-8H,9-10H2,1-6H3. The molecule has 96 valence electrons. The van der Waals surface area contributed by atoms with Gasteiger partial charge in [-0.25, -0.2) is 0 Å². The SMILES string of the molecule is CC1=CC(C)=C([Si](C2=C(C)C=C(C)C2)=[Si](C)C)C1. The van der Waals surface area contributed by atoms with E-state index in [0.29, 0.717) is 0 Å². The summed E-state index contributed by atoms with van der Waals surface area (Å²) in [5.41, 5.74) is 6.29. The van der Waals surface area contributed by atoms with Crippen molar-refractivity contribution in [2.75, 3.05) is 0 Å². The fraction of sp³-hybridized carbons (Fsp3) is 0.500. The summed E-state index contributed by atoms with van der Waals surface area (Å²) in [5, 5.41) is 3.63. The predicted molar refractivity (Wildman–Crippen MR) is 85.4 cm³/mol. The van der Waals surface area contributed by atoms with E-state index in [2.05, 4.69) is 52.9 Å². The highest BCUT2D eigenvalue weighted by molar-refractivity contribution is 7.02. The summed E-state index contributed by atoms with van der Waals surface area (Å²) >= 11 is 0. The first-order valence-electron chi connectivity index (χ1n) is 6.82. The summed E-state index contributed by atoms with van der Waals surface area (Å²) in [7, 11) is -0.653. The lowest BCUT2D eigenvalue weighted by molar-refractivity contribution is 1.19. The van der Waals surface area contributed by atoms with E-state index in [1.54, 1.807) is 22.3 Å². The van der Waals surface area contributed by atoms with E-state index in [4.69, 9.17) is 0 Å². The molecular formula is C16H24Si2. The maximum absolute atomic E-state index is 2.51. The van der Waals surface area contributed by atoms with E-state index in [1.807, 2.05) is 10.4 Å². The fourth-order valence-electron chi connectivity index (χ4n) is 3.21. The van der Waals surface area contributed by atoms with Crippen molar-refractivity contribution in [3.05, 3.63) is 44.8 Å². The largest absolute Gasteiger partial charge is 0.0691 e. The zero-order valence-electron chi connectivity index (χ0n) is 12.6. The molecule has 0 aromatic carbocycles. The summed E-state index contributed by atoms with van der Waals surface area (Å²) in [6, 6.07) is 0. The second kappa shape index (κ2) is 5.18. The average molecular weight is 273 g/mol. The van der Waals surface area contributed by atoms with E-state index in [1.165, 1.54) is 12.8 Å². The van der Waals surface area contributed by atoms with Gasteiger partial charge in [0.05, 0.1) is 0 Å². The Hall–Kier alpha value is -0.606. The first-order valence-corrected chi connectivity index (χ1v) is 11.8. The Bertz CT molecular complexity index is 504. The molecule has 0 fully saturated rings. The number of allylic oxidation sites excluding steroid dienone is 8. The lowest BCUT2D eigenvalue weighted by Gasteiger charge is -2.16. The number of hydrogen-bond acceptors (Lipinski definition) is 0. The van der Waals surface area contributed by atoms with Crippen LogP contribution in [-0.2, 0) is 0 Å². The Labute approximate surface area is 114 Å². The molecule has 0 aromatic heterocycles. The molecule has 0 aliphatic heterocycles. The second-order valence-corrected chi connectivity index (χ2v) is 14.5. The highest BCUT2D eigenvalue weighted by atomic mass is 28.9. The third-order valence-corrected chi connectivity index (χ3v) is 12.1. The molecule has 0 bridgehead atoms. The fourth-order valence-corrected chi connectivity index (χ4v) is 12.0. The second-order valence-electron chi connectivity index (χ2n) is 6.03. The van der Waals surface area contributed by atoms with E-state index >= 15 is 0 Å². The van der Waals surface area contributed by atoms with Crippen LogP contribution in [0.2, 0.25) is 13.1 Å². The van der Waals surface area contributed by atoms with Crippen LogP contribution in [0.4, 0.5) is 0 Å². The lowest BCUT2D eigenvalue weighted by Crippen LogP contribution is -2.20. The van der Waals surface area contributed by atoms with Crippen LogP contribution < -0.4 is 0 Å². The first-order chi connectivity index (χ1) is 8.40. The predicted octanol–water partition coefficient (Wildman–Crippen LogP) is 4.73. The van der Waals surface area contributed by atoms with Gasteiger partial charge < -0.3 is 0 Å². The van der Waals surface area contributed by atoms with Gasteiger partial charge in [-0.3, -0.25) is 0 Å². The lowest BCUT2D eigenvalue weighted by atomic mass is 10.3. The maximum Gasteiger partial charge on any atom is 0.0484 e. The van der Waals surface area contributed by atoms with Gasteiger partial charge in [0, 0.05) is 7.89 Å². The van der Waals surface area contributed by atoms with E-state index < -0.39 is 7.89 Å². The van der Waals surface area contributed by atoms with Crippen molar-refractivity contribution in [2.24, 2.45) is 0 Å². The summed E-state index contributed by atoms with van der Waals surface area (Å²) < 4.78 is 0. The minimum Gasteiger partial charge on any atom is -0.0691 e. The van der Waals surface area contributed by atoms with Crippen LogP contribution >= 0.6 is 0 Å². The van der Waals surface area contributed by atoms with Crippen LogP contribution in [0.25, 0.3) is 0 Å². The minimum atomic E-state index is -0.422. The molecule has 0 saturated carbocycles. The van der Waals surface area contributed by atoms with Crippen LogP contribution in [0.3, 0.4) is 0 Å². The normalized spacial score (nSPS) is 19.4. The van der Waals surface area contributed by atoms with Gasteiger partial charge in [-0.1, -0.05) is 57.9 Å². The monoisotopic (exact) mass is 272 g/mol. The van der Waals surface area contributed by atoms with Crippen molar-refractivity contribution in [1.29, 1.82) is 0 Å². The molecule has 0 N–H and O–H groups in total. The molecule has 2 heteroatoms. The van der Waals surface area contributed by atoms with Crippen LogP contribution in [0.15, 0.2) is 44.8 Å². The molecule has 0 heterocycles. The Morgan fingerprint density at radius 1 is 0.778 bits per heavy atom. The van der Waals surface area contributed by atoms with E-state index in [9.17, 15) is 0 Å². The molecule has 18 heavy (non-hydrogen) atoms. The van der Waals surface area contributed by atoms with Crippen LogP contribution in [0.1, 0.15) is 40.5 Å². The van der Waals surface area contributed by atoms with Crippen LogP contribution in [-0.4, -0.2) is 15.8 Å². The first kappa shape index (κ1) is 13.8. The van der Waals surface area contributed by atoms with Crippen molar-refractivity contribution in [3.63, 3.8) is 0 Å². The number of hydrogen-bond donors (Lipinski definition) is 0. The molecule has 0 saturated heterocycles. The maximum atomic E-state index is 2.51. The third-order valence-electron chi connectivity index (χ3n) is 3.89. The van der Waals surface area contributed by atoms with Gasteiger partial charge in [0.1, 0.15) is 0 Å². The molecule has 2 rings (SSSR count). The van der Waals surface area contributed by atoms with Gasteiger partial charge in [0.2, 0.25) is 0 Å². The van der Waals surface area contributed by atoms with Gasteiger partial charge in [0.15, 0.2) is 0 Å². The molecule has 0 aromatic rings. The van der Waals surface area contributed by atoms with Gasteiger partial charge in [-0.15, -0.1) is 0 Å². The Morgan fingerprint density at radius 2 is 1.17 bits per heavy atom. The molecule has 0 unspecified atom stereocenters. The Morgan fingerprint density at radius 3 is 1.39 bits per heavy atom. The smallest absolute Gasteiger partial charge is 0.0484 e. The van der Waals surface area contributed by atoms with Crippen molar-refractivity contribution in [2.45, 2.75) is 53.6 Å². The summed E-state index contributed by atoms with van der Waals surface area (Å²) in [6.07, 6.45) is 7.34. The Balaban J connectivity index is 2.44. The van der Waals surface area contributed by atoms with Crippen molar-refractivity contribution < 1.29 is 0 Å². The molecule has 0 amide bonds. The van der Waals surface area contributed by atoms with E-state index in [0.717, 1.165) is 0 Å². The van der Waals surface area contributed by atoms with Crippen molar-refractivity contribution in [1.82, 2.24) is 0 Å². The van der Waals surface area contributed by atoms with Gasteiger partial charge >= 0.3 is 0 Å². The third kappa shape index (κ3) is 2.55. The average Bonchev–Trinajstić information content (AvgIpc) is 2.71. The van der Waals surface area contributed by atoms with Crippen molar-refractivity contribution in [3.8, 4) is 0 Å². The van der Waals surface area contributed by atoms with Gasteiger partial charge in [-0.05, 0) is 48.4 Å². The van der Waals surface area contributed by atoms with Gasteiger partial charge in [-0.2, -0.15) is 0 Å². The molecule has 0 nitrogen and oxygen atoms in total. The molecule has 2 aliphatic carbocycles. The zero-order valence-corrected chi connectivity index (χ0v) is 14.6. The quantitative estimate of drug-likeness (QED) is 0.638.